The summed E-state index contributed by atoms with van der Waals surface area (Å²) in [5.74, 6) is 0. The number of hydrogen-bond donors (Lipinski definition) is 4. The summed E-state index contributed by atoms with van der Waals surface area (Å²) < 4.78 is 0. The second-order valence-electron chi connectivity index (χ2n) is 1.06. The molecule has 0 fully saturated rings. The van der Waals surface area contributed by atoms with Crippen molar-refractivity contribution in [3.63, 3.8) is 0 Å². The van der Waals surface area contributed by atoms with Gasteiger partial charge in [0, 0.05) is 39.0 Å². The summed E-state index contributed by atoms with van der Waals surface area (Å²) >= 11 is 0. The summed E-state index contributed by atoms with van der Waals surface area (Å²) in [6.45, 7) is 0. The molecule has 0 aromatic carbocycles. The van der Waals surface area contributed by atoms with E-state index < -0.39 is 24.6 Å². The Morgan fingerprint density at radius 2 is 0.500 bits per heavy atom. The first-order valence-corrected chi connectivity index (χ1v) is 2.53. The average Bonchev–Trinajstić information content (AvgIpc) is 1.76. The molecular formula is C4H4O12Rh2-4. The summed E-state index contributed by atoms with van der Waals surface area (Å²) in [4.78, 5) is 33.8. The molecule has 0 unspecified atom stereocenters. The molecular weight excluding hydrogens is 446 g/mol. The monoisotopic (exact) mass is 450 g/mol. The predicted molar refractivity (Wildman–Crippen MR) is 32.1 cm³/mol. The van der Waals surface area contributed by atoms with E-state index in [1.807, 2.05) is 0 Å². The standard InChI is InChI=1S/4CH2O3.2Rh/c4*2-1(3)4;;/h4*(H2,2,3,4);;/p-4. The zero-order valence-corrected chi connectivity index (χ0v) is 11.0. The fraction of sp³-hybridized carbons (Fsp3) is 0. The first-order valence-electron chi connectivity index (χ1n) is 2.53. The largest absolute Gasteiger partial charge is 0.565 e. The molecule has 18 heavy (non-hydrogen) atoms. The molecule has 0 aromatic rings. The van der Waals surface area contributed by atoms with Crippen molar-refractivity contribution in [2.45, 2.75) is 0 Å². The summed E-state index contributed by atoms with van der Waals surface area (Å²) in [7, 11) is 0. The van der Waals surface area contributed by atoms with Crippen LogP contribution in [0.1, 0.15) is 0 Å². The second kappa shape index (κ2) is 29.5. The maximum Gasteiger partial charge on any atom is 0.249 e. The molecule has 0 aliphatic carbocycles. The van der Waals surface area contributed by atoms with Gasteiger partial charge in [0.1, 0.15) is 0 Å². The van der Waals surface area contributed by atoms with Crippen molar-refractivity contribution in [2.24, 2.45) is 0 Å². The first kappa shape index (κ1) is 36.0. The van der Waals surface area contributed by atoms with E-state index in [1.165, 1.54) is 0 Å². The molecule has 0 atom stereocenters. The van der Waals surface area contributed by atoms with E-state index in [-0.39, 0.29) is 39.0 Å². The average molecular weight is 450 g/mol. The third-order valence-corrected chi connectivity index (χ3v) is 0. The van der Waals surface area contributed by atoms with Crippen molar-refractivity contribution >= 4 is 24.6 Å². The van der Waals surface area contributed by atoms with Gasteiger partial charge in [0.2, 0.25) is 24.6 Å². The fourth-order valence-corrected chi connectivity index (χ4v) is 0. The van der Waals surface area contributed by atoms with Crippen molar-refractivity contribution < 1.29 is 99.0 Å². The molecule has 14 heteroatoms. The molecule has 0 aliphatic rings. The normalized spacial score (nSPS) is 5.33. The Morgan fingerprint density at radius 1 is 0.500 bits per heavy atom. The van der Waals surface area contributed by atoms with Gasteiger partial charge in [-0.2, -0.15) is 0 Å². The Labute approximate surface area is 124 Å². The van der Waals surface area contributed by atoms with Crippen LogP contribution in [-0.4, -0.2) is 45.0 Å². The van der Waals surface area contributed by atoms with E-state index in [9.17, 15) is 0 Å². The van der Waals surface area contributed by atoms with E-state index in [4.69, 9.17) is 60.0 Å². The van der Waals surface area contributed by atoms with Crippen LogP contribution >= 0.6 is 0 Å². The third-order valence-electron chi connectivity index (χ3n) is 0. The van der Waals surface area contributed by atoms with Crippen molar-refractivity contribution in [2.75, 3.05) is 0 Å². The predicted octanol–water partition coefficient (Wildman–Crippen LogP) is -4.45. The number of carboxylic acid groups (broad SMARTS) is 8. The van der Waals surface area contributed by atoms with Gasteiger partial charge in [0.25, 0.3) is 0 Å². The molecule has 2 radical (unpaired) electrons. The van der Waals surface area contributed by atoms with Crippen LogP contribution in [0.25, 0.3) is 0 Å². The molecule has 0 bridgehead atoms. The van der Waals surface area contributed by atoms with Gasteiger partial charge in [-0.1, -0.05) is 0 Å². The van der Waals surface area contributed by atoms with Crippen LogP contribution < -0.4 is 20.4 Å². The van der Waals surface area contributed by atoms with E-state index in [2.05, 4.69) is 0 Å². The topological polar surface area (TPSA) is 241 Å². The van der Waals surface area contributed by atoms with Crippen LogP contribution in [0, 0.1) is 0 Å². The van der Waals surface area contributed by atoms with Crippen LogP contribution in [0.15, 0.2) is 0 Å². The number of rotatable bonds is 0. The molecule has 0 heterocycles. The van der Waals surface area contributed by atoms with Crippen LogP contribution in [-0.2, 0) is 39.0 Å². The van der Waals surface area contributed by atoms with Gasteiger partial charge in [-0.25, -0.2) is 0 Å². The zero-order chi connectivity index (χ0) is 14.3. The second-order valence-corrected chi connectivity index (χ2v) is 1.06. The van der Waals surface area contributed by atoms with Crippen LogP contribution in [0.4, 0.5) is 19.2 Å². The van der Waals surface area contributed by atoms with E-state index in [1.54, 1.807) is 0 Å². The number of carbonyl (C=O) groups is 4. The van der Waals surface area contributed by atoms with Crippen LogP contribution in [0.5, 0.6) is 0 Å². The van der Waals surface area contributed by atoms with Crippen LogP contribution in [0.3, 0.4) is 0 Å². The maximum absolute atomic E-state index is 8.44. The van der Waals surface area contributed by atoms with Gasteiger partial charge >= 0.3 is 0 Å². The molecule has 0 rings (SSSR count). The minimum atomic E-state index is -2.08. The van der Waals surface area contributed by atoms with Gasteiger partial charge in [-0.15, -0.1) is 0 Å². The molecule has 114 valence electrons. The van der Waals surface area contributed by atoms with Crippen LogP contribution in [0.2, 0.25) is 0 Å². The smallest absolute Gasteiger partial charge is 0.249 e. The summed E-state index contributed by atoms with van der Waals surface area (Å²) in [6, 6.07) is 0. The molecule has 0 saturated heterocycles. The van der Waals surface area contributed by atoms with Gasteiger partial charge < -0.3 is 60.0 Å². The van der Waals surface area contributed by atoms with E-state index >= 15 is 0 Å². The van der Waals surface area contributed by atoms with Gasteiger partial charge in [0.05, 0.1) is 0 Å². The fourth-order valence-electron chi connectivity index (χ4n) is 0. The first-order chi connectivity index (χ1) is 6.93. The van der Waals surface area contributed by atoms with Gasteiger partial charge in [0.15, 0.2) is 0 Å². The molecule has 0 aliphatic heterocycles. The molecule has 12 nitrogen and oxygen atoms in total. The maximum atomic E-state index is 8.44. The molecule has 0 amide bonds. The Balaban J connectivity index is -0.0000000257. The Bertz CT molecular complexity index is 162. The molecule has 0 aromatic heterocycles. The Hall–Kier alpha value is -1.67. The van der Waals surface area contributed by atoms with E-state index in [0.29, 0.717) is 0 Å². The van der Waals surface area contributed by atoms with Crippen molar-refractivity contribution in [1.82, 2.24) is 0 Å². The van der Waals surface area contributed by atoms with Gasteiger partial charge in [-0.05, 0) is 0 Å². The molecule has 0 saturated carbocycles. The van der Waals surface area contributed by atoms with Crippen molar-refractivity contribution in [3.05, 3.63) is 0 Å². The minimum Gasteiger partial charge on any atom is -0.565 e. The molecule has 0 spiro atoms. The Kier molecular flexibility index (Phi) is 58.9. The molecule has 4 N–H and O–H groups in total. The van der Waals surface area contributed by atoms with Gasteiger partial charge in [-0.3, -0.25) is 0 Å². The summed E-state index contributed by atoms with van der Waals surface area (Å²) in [5, 5.41) is 61.2. The zero-order valence-electron chi connectivity index (χ0n) is 7.72. The minimum absolute atomic E-state index is 0. The SMILES string of the molecule is O=C([O-])O.O=C([O-])O.O=C([O-])O.O=C([O-])O.[Rh].[Rh]. The summed E-state index contributed by atoms with van der Waals surface area (Å²) in [6.07, 6.45) is -8.33. The number of hydrogen-bond acceptors (Lipinski definition) is 8. The van der Waals surface area contributed by atoms with Crippen molar-refractivity contribution in [3.8, 4) is 0 Å². The quantitative estimate of drug-likeness (QED) is 0.256. The van der Waals surface area contributed by atoms with E-state index in [0.717, 1.165) is 0 Å². The Morgan fingerprint density at radius 3 is 0.500 bits per heavy atom. The summed E-state index contributed by atoms with van der Waals surface area (Å²) in [5.41, 5.74) is 0. The van der Waals surface area contributed by atoms with Crippen molar-refractivity contribution in [1.29, 1.82) is 0 Å². The third kappa shape index (κ3) is 909.